The first-order valence-electron chi connectivity index (χ1n) is 6.30. The predicted octanol–water partition coefficient (Wildman–Crippen LogP) is 3.14. The second-order valence-electron chi connectivity index (χ2n) is 5.10. The molecule has 1 heterocycles. The highest BCUT2D eigenvalue weighted by atomic mass is 16.3. The van der Waals surface area contributed by atoms with E-state index in [1.807, 2.05) is 6.92 Å². The quantitative estimate of drug-likeness (QED) is 0.829. The van der Waals surface area contributed by atoms with Gasteiger partial charge in [-0.2, -0.15) is 0 Å². The molecule has 2 heteroatoms. The summed E-state index contributed by atoms with van der Waals surface area (Å²) < 4.78 is 0. The van der Waals surface area contributed by atoms with Gasteiger partial charge in [-0.05, 0) is 55.7 Å². The number of hydrogen-bond donors (Lipinski definition) is 1. The molecule has 88 valence electrons. The maximum absolute atomic E-state index is 9.86. The van der Waals surface area contributed by atoms with Gasteiger partial charge in [0.2, 0.25) is 0 Å². The van der Waals surface area contributed by atoms with Crippen LogP contribution >= 0.6 is 0 Å². The van der Waals surface area contributed by atoms with Gasteiger partial charge < -0.3 is 5.11 Å². The van der Waals surface area contributed by atoms with Gasteiger partial charge in [-0.3, -0.25) is 4.98 Å². The molecule has 0 bridgehead atoms. The van der Waals surface area contributed by atoms with E-state index in [1.165, 1.54) is 24.1 Å². The minimum Gasteiger partial charge on any atom is -0.389 e. The number of hydrogen-bond acceptors (Lipinski definition) is 2. The highest BCUT2D eigenvalue weighted by Crippen LogP contribution is 2.29. The van der Waals surface area contributed by atoms with Gasteiger partial charge in [0.1, 0.15) is 0 Å². The molecular formula is C14H21NO. The van der Waals surface area contributed by atoms with Gasteiger partial charge in [-0.15, -0.1) is 0 Å². The van der Waals surface area contributed by atoms with Crippen LogP contribution in [-0.4, -0.2) is 10.1 Å². The molecule has 1 N–H and O–H groups in total. The summed E-state index contributed by atoms with van der Waals surface area (Å²) in [4.78, 5) is 4.74. The molecule has 0 spiro atoms. The molecule has 1 aliphatic rings. The van der Waals surface area contributed by atoms with Crippen molar-refractivity contribution in [3.63, 3.8) is 0 Å². The summed E-state index contributed by atoms with van der Waals surface area (Å²) in [7, 11) is 0. The fraction of sp³-hybridized carbons (Fsp3) is 0.643. The molecule has 0 radical (unpaired) electrons. The number of nitrogens with zero attached hydrogens (tertiary/aromatic N) is 1. The summed E-state index contributed by atoms with van der Waals surface area (Å²) >= 11 is 0. The maximum atomic E-state index is 9.86. The van der Waals surface area contributed by atoms with Crippen LogP contribution < -0.4 is 0 Å². The molecular weight excluding hydrogens is 198 g/mol. The minimum absolute atomic E-state index is 0.368. The second kappa shape index (κ2) is 4.54. The highest BCUT2D eigenvalue weighted by Gasteiger charge is 2.19. The van der Waals surface area contributed by atoms with Crippen LogP contribution in [0.2, 0.25) is 0 Å². The standard InChI is InChI=1S/C14H21NO/c1-9(2)14-8-12(10(3)16)11-6-4-5-7-13(11)15-14/h8-10,16H,4-7H2,1-3H3/t10-/m1/s1. The SMILES string of the molecule is CC(C)c1cc([C@@H](C)O)c2c(n1)CCCC2. The van der Waals surface area contributed by atoms with E-state index in [0.717, 1.165) is 24.1 Å². The van der Waals surface area contributed by atoms with Crippen molar-refractivity contribution >= 4 is 0 Å². The summed E-state index contributed by atoms with van der Waals surface area (Å²) in [5.74, 6) is 0.435. The monoisotopic (exact) mass is 219 g/mol. The van der Waals surface area contributed by atoms with E-state index in [2.05, 4.69) is 19.9 Å². The number of rotatable bonds is 2. The van der Waals surface area contributed by atoms with E-state index in [9.17, 15) is 5.11 Å². The Morgan fingerprint density at radius 1 is 1.19 bits per heavy atom. The Balaban J connectivity index is 2.52. The summed E-state index contributed by atoms with van der Waals surface area (Å²) in [5, 5.41) is 9.86. The number of pyridine rings is 1. The lowest BCUT2D eigenvalue weighted by atomic mass is 9.89. The molecule has 0 aliphatic heterocycles. The third-order valence-corrected chi connectivity index (χ3v) is 3.40. The topological polar surface area (TPSA) is 33.1 Å². The normalized spacial score (nSPS) is 17.3. The molecule has 1 aromatic rings. The molecule has 0 unspecified atom stereocenters. The van der Waals surface area contributed by atoms with E-state index in [0.29, 0.717) is 5.92 Å². The third-order valence-electron chi connectivity index (χ3n) is 3.40. The van der Waals surface area contributed by atoms with Crippen molar-refractivity contribution in [1.29, 1.82) is 0 Å². The van der Waals surface area contributed by atoms with Crippen molar-refractivity contribution in [3.8, 4) is 0 Å². The van der Waals surface area contributed by atoms with Crippen molar-refractivity contribution < 1.29 is 5.11 Å². The predicted molar refractivity (Wildman–Crippen MR) is 65.6 cm³/mol. The molecule has 0 amide bonds. The Labute approximate surface area is 97.7 Å². The third kappa shape index (κ3) is 2.12. The number of fused-ring (bicyclic) bond motifs is 1. The largest absolute Gasteiger partial charge is 0.389 e. The van der Waals surface area contributed by atoms with E-state index >= 15 is 0 Å². The van der Waals surface area contributed by atoms with Crippen LogP contribution in [-0.2, 0) is 12.8 Å². The van der Waals surface area contributed by atoms with E-state index in [1.54, 1.807) is 0 Å². The number of aromatic nitrogens is 1. The van der Waals surface area contributed by atoms with Crippen molar-refractivity contribution in [2.24, 2.45) is 0 Å². The van der Waals surface area contributed by atoms with E-state index in [4.69, 9.17) is 4.98 Å². The van der Waals surface area contributed by atoms with Crippen molar-refractivity contribution in [1.82, 2.24) is 4.98 Å². The maximum Gasteiger partial charge on any atom is 0.0765 e. The number of aryl methyl sites for hydroxylation is 1. The smallest absolute Gasteiger partial charge is 0.0765 e. The first kappa shape index (κ1) is 11.6. The first-order chi connectivity index (χ1) is 7.59. The summed E-state index contributed by atoms with van der Waals surface area (Å²) in [6.07, 6.45) is 4.26. The van der Waals surface area contributed by atoms with Crippen LogP contribution in [0, 0.1) is 0 Å². The van der Waals surface area contributed by atoms with Crippen LogP contribution in [0.5, 0.6) is 0 Å². The Bertz CT molecular complexity index is 383. The van der Waals surface area contributed by atoms with Crippen LogP contribution in [0.1, 0.15) is 68.1 Å². The summed E-state index contributed by atoms with van der Waals surface area (Å²) in [5.41, 5.74) is 4.77. The van der Waals surface area contributed by atoms with Gasteiger partial charge in [-0.25, -0.2) is 0 Å². The van der Waals surface area contributed by atoms with Crippen molar-refractivity contribution in [2.75, 3.05) is 0 Å². The van der Waals surface area contributed by atoms with Crippen LogP contribution in [0.25, 0.3) is 0 Å². The molecule has 1 atom stereocenters. The molecule has 1 aromatic heterocycles. The molecule has 0 aromatic carbocycles. The fourth-order valence-corrected chi connectivity index (χ4v) is 2.43. The van der Waals surface area contributed by atoms with Gasteiger partial charge in [0.15, 0.2) is 0 Å². The van der Waals surface area contributed by atoms with Gasteiger partial charge in [0, 0.05) is 11.4 Å². The zero-order valence-electron chi connectivity index (χ0n) is 10.5. The molecule has 2 rings (SSSR count). The first-order valence-corrected chi connectivity index (χ1v) is 6.30. The number of aliphatic hydroxyl groups is 1. The van der Waals surface area contributed by atoms with Gasteiger partial charge in [0.25, 0.3) is 0 Å². The molecule has 0 saturated heterocycles. The Hall–Kier alpha value is -0.890. The Morgan fingerprint density at radius 2 is 1.88 bits per heavy atom. The molecule has 0 fully saturated rings. The summed E-state index contributed by atoms with van der Waals surface area (Å²) in [6, 6.07) is 2.10. The zero-order valence-corrected chi connectivity index (χ0v) is 10.5. The van der Waals surface area contributed by atoms with Crippen LogP contribution in [0.4, 0.5) is 0 Å². The van der Waals surface area contributed by atoms with Crippen molar-refractivity contribution in [2.45, 2.75) is 58.5 Å². The second-order valence-corrected chi connectivity index (χ2v) is 5.10. The molecule has 0 saturated carbocycles. The Kier molecular flexibility index (Phi) is 3.29. The van der Waals surface area contributed by atoms with Gasteiger partial charge in [-0.1, -0.05) is 13.8 Å². The lowest BCUT2D eigenvalue weighted by Crippen LogP contribution is -2.13. The van der Waals surface area contributed by atoms with Crippen LogP contribution in [0.3, 0.4) is 0 Å². The zero-order chi connectivity index (χ0) is 11.7. The molecule has 16 heavy (non-hydrogen) atoms. The van der Waals surface area contributed by atoms with Crippen LogP contribution in [0.15, 0.2) is 6.07 Å². The van der Waals surface area contributed by atoms with E-state index < -0.39 is 0 Å². The fourth-order valence-electron chi connectivity index (χ4n) is 2.43. The average molecular weight is 219 g/mol. The highest BCUT2D eigenvalue weighted by molar-refractivity contribution is 5.36. The van der Waals surface area contributed by atoms with Crippen molar-refractivity contribution in [3.05, 3.63) is 28.6 Å². The Morgan fingerprint density at radius 3 is 2.50 bits per heavy atom. The lowest BCUT2D eigenvalue weighted by Gasteiger charge is -2.22. The number of aliphatic hydroxyl groups excluding tert-OH is 1. The molecule has 2 nitrogen and oxygen atoms in total. The average Bonchev–Trinajstić information content (AvgIpc) is 2.27. The van der Waals surface area contributed by atoms with E-state index in [-0.39, 0.29) is 6.10 Å². The lowest BCUT2D eigenvalue weighted by molar-refractivity contribution is 0.197. The van der Waals surface area contributed by atoms with Gasteiger partial charge >= 0.3 is 0 Å². The summed E-state index contributed by atoms with van der Waals surface area (Å²) in [6.45, 7) is 6.17. The minimum atomic E-state index is -0.368. The molecule has 1 aliphatic carbocycles. The van der Waals surface area contributed by atoms with Gasteiger partial charge in [0.05, 0.1) is 6.10 Å².